The molecule has 0 bridgehead atoms. The second kappa shape index (κ2) is 10.4. The van der Waals surface area contributed by atoms with Crippen LogP contribution in [0.25, 0.3) is 0 Å². The third-order valence-corrected chi connectivity index (χ3v) is 3.84. The average molecular weight is 391 g/mol. The summed E-state index contributed by atoms with van der Waals surface area (Å²) >= 11 is 10.5. The van der Waals surface area contributed by atoms with Crippen LogP contribution < -0.4 is 30.7 Å². The number of thiocarbonyl (C=S) groups is 2. The fraction of sp³-hybridized carbons (Fsp3) is 0.222. The second-order valence-corrected chi connectivity index (χ2v) is 6.04. The molecule has 0 saturated carbocycles. The van der Waals surface area contributed by atoms with Gasteiger partial charge in [-0.25, -0.2) is 0 Å². The number of methoxy groups -OCH3 is 2. The van der Waals surface area contributed by atoms with E-state index >= 15 is 0 Å². The van der Waals surface area contributed by atoms with Crippen LogP contribution >= 0.6 is 24.4 Å². The number of rotatable bonds is 7. The SMILES string of the molecule is COc1cccc(NC(=S)NCCNC(=S)Nc2cccc(OC)c2)c1. The molecule has 2 aromatic rings. The van der Waals surface area contributed by atoms with E-state index in [-0.39, 0.29) is 0 Å². The lowest BCUT2D eigenvalue weighted by Crippen LogP contribution is -2.38. The summed E-state index contributed by atoms with van der Waals surface area (Å²) in [6.45, 7) is 1.24. The highest BCUT2D eigenvalue weighted by Gasteiger charge is 2.01. The molecule has 0 amide bonds. The zero-order chi connectivity index (χ0) is 18.8. The minimum Gasteiger partial charge on any atom is -0.497 e. The molecule has 0 saturated heterocycles. The van der Waals surface area contributed by atoms with E-state index in [9.17, 15) is 0 Å². The molecule has 2 aromatic carbocycles. The van der Waals surface area contributed by atoms with Gasteiger partial charge in [-0.1, -0.05) is 12.1 Å². The third-order valence-electron chi connectivity index (χ3n) is 3.35. The minimum absolute atomic E-state index is 0.534. The van der Waals surface area contributed by atoms with Gasteiger partial charge < -0.3 is 30.7 Å². The van der Waals surface area contributed by atoms with Crippen molar-refractivity contribution in [1.29, 1.82) is 0 Å². The van der Waals surface area contributed by atoms with Crippen LogP contribution in [0.15, 0.2) is 48.5 Å². The molecule has 0 atom stereocenters. The van der Waals surface area contributed by atoms with E-state index in [1.54, 1.807) is 14.2 Å². The first-order chi connectivity index (χ1) is 12.6. The van der Waals surface area contributed by atoms with Crippen molar-refractivity contribution in [2.24, 2.45) is 0 Å². The molecule has 138 valence electrons. The predicted molar refractivity (Wildman–Crippen MR) is 114 cm³/mol. The van der Waals surface area contributed by atoms with Crippen LogP contribution in [-0.2, 0) is 0 Å². The Morgan fingerprint density at radius 1 is 0.769 bits per heavy atom. The van der Waals surface area contributed by atoms with Crippen LogP contribution in [0.2, 0.25) is 0 Å². The van der Waals surface area contributed by atoms with Gasteiger partial charge in [-0.15, -0.1) is 0 Å². The van der Waals surface area contributed by atoms with Crippen molar-refractivity contribution >= 4 is 46.0 Å². The van der Waals surface area contributed by atoms with E-state index in [0.29, 0.717) is 23.3 Å². The number of hydrogen-bond donors (Lipinski definition) is 4. The summed E-state index contributed by atoms with van der Waals surface area (Å²) in [7, 11) is 3.26. The van der Waals surface area contributed by atoms with E-state index in [2.05, 4.69) is 21.3 Å². The molecule has 0 aromatic heterocycles. The van der Waals surface area contributed by atoms with Crippen LogP contribution in [0.4, 0.5) is 11.4 Å². The molecule has 0 fully saturated rings. The maximum absolute atomic E-state index is 5.27. The number of hydrogen-bond acceptors (Lipinski definition) is 4. The van der Waals surface area contributed by atoms with E-state index in [0.717, 1.165) is 22.9 Å². The summed E-state index contributed by atoms with van der Waals surface area (Å²) in [6, 6.07) is 15.1. The Balaban J connectivity index is 1.67. The van der Waals surface area contributed by atoms with Gasteiger partial charge in [0.25, 0.3) is 0 Å². The summed E-state index contributed by atoms with van der Waals surface area (Å²) in [6.07, 6.45) is 0. The van der Waals surface area contributed by atoms with Gasteiger partial charge in [0, 0.05) is 36.6 Å². The maximum atomic E-state index is 5.27. The van der Waals surface area contributed by atoms with Crippen molar-refractivity contribution in [1.82, 2.24) is 10.6 Å². The molecule has 0 radical (unpaired) electrons. The summed E-state index contributed by atoms with van der Waals surface area (Å²) in [4.78, 5) is 0. The van der Waals surface area contributed by atoms with E-state index < -0.39 is 0 Å². The average Bonchev–Trinajstić information content (AvgIpc) is 2.65. The zero-order valence-corrected chi connectivity index (χ0v) is 16.3. The Bertz CT molecular complexity index is 692. The Morgan fingerprint density at radius 2 is 1.19 bits per heavy atom. The van der Waals surface area contributed by atoms with Gasteiger partial charge in [-0.2, -0.15) is 0 Å². The molecule has 0 aliphatic heterocycles. The van der Waals surface area contributed by atoms with Gasteiger partial charge in [0.05, 0.1) is 14.2 Å². The number of ether oxygens (including phenoxy) is 2. The summed E-state index contributed by atoms with van der Waals surface area (Å²) in [5.41, 5.74) is 1.73. The summed E-state index contributed by atoms with van der Waals surface area (Å²) in [5, 5.41) is 13.5. The van der Waals surface area contributed by atoms with Crippen molar-refractivity contribution in [3.05, 3.63) is 48.5 Å². The fourth-order valence-electron chi connectivity index (χ4n) is 2.10. The van der Waals surface area contributed by atoms with Crippen LogP contribution in [0.3, 0.4) is 0 Å². The lowest BCUT2D eigenvalue weighted by atomic mass is 10.3. The lowest BCUT2D eigenvalue weighted by molar-refractivity contribution is 0.415. The van der Waals surface area contributed by atoms with Gasteiger partial charge in [0.1, 0.15) is 11.5 Å². The number of benzene rings is 2. The van der Waals surface area contributed by atoms with Crippen LogP contribution in [0.1, 0.15) is 0 Å². The maximum Gasteiger partial charge on any atom is 0.170 e. The molecule has 0 heterocycles. The molecule has 0 aliphatic carbocycles. The molecule has 0 unspecified atom stereocenters. The molecule has 8 heteroatoms. The highest BCUT2D eigenvalue weighted by atomic mass is 32.1. The molecule has 6 nitrogen and oxygen atoms in total. The van der Waals surface area contributed by atoms with Crippen molar-refractivity contribution in [2.45, 2.75) is 0 Å². The topological polar surface area (TPSA) is 66.6 Å². The predicted octanol–water partition coefficient (Wildman–Crippen LogP) is 2.98. The first-order valence-electron chi connectivity index (χ1n) is 7.98. The number of anilines is 2. The Hall–Kier alpha value is -2.58. The molecule has 2 rings (SSSR count). The Morgan fingerprint density at radius 3 is 1.58 bits per heavy atom. The molecular formula is C18H22N4O2S2. The van der Waals surface area contributed by atoms with Crippen molar-refractivity contribution in [3.8, 4) is 11.5 Å². The highest BCUT2D eigenvalue weighted by molar-refractivity contribution is 7.80. The van der Waals surface area contributed by atoms with E-state index in [1.807, 2.05) is 48.5 Å². The summed E-state index contributed by atoms with van der Waals surface area (Å²) in [5.74, 6) is 1.54. The van der Waals surface area contributed by atoms with Gasteiger partial charge in [0.15, 0.2) is 10.2 Å². The van der Waals surface area contributed by atoms with Crippen molar-refractivity contribution in [2.75, 3.05) is 37.9 Å². The molecule has 0 spiro atoms. The third kappa shape index (κ3) is 6.73. The molecular weight excluding hydrogens is 368 g/mol. The molecule has 4 N–H and O–H groups in total. The van der Waals surface area contributed by atoms with Crippen LogP contribution in [0.5, 0.6) is 11.5 Å². The smallest absolute Gasteiger partial charge is 0.170 e. The highest BCUT2D eigenvalue weighted by Crippen LogP contribution is 2.17. The van der Waals surface area contributed by atoms with Crippen LogP contribution in [0, 0.1) is 0 Å². The zero-order valence-electron chi connectivity index (χ0n) is 14.7. The first kappa shape index (κ1) is 19.7. The van der Waals surface area contributed by atoms with Crippen LogP contribution in [-0.4, -0.2) is 37.5 Å². The standard InChI is InChI=1S/C18H22N4O2S2/c1-23-15-7-3-5-13(11-15)21-17(25)19-9-10-20-18(26)22-14-6-4-8-16(12-14)24-2/h3-8,11-12H,9-10H2,1-2H3,(H2,19,21,25)(H2,20,22,26). The van der Waals surface area contributed by atoms with Gasteiger partial charge in [0.2, 0.25) is 0 Å². The van der Waals surface area contributed by atoms with Gasteiger partial charge in [-0.05, 0) is 48.7 Å². The monoisotopic (exact) mass is 390 g/mol. The van der Waals surface area contributed by atoms with Crippen molar-refractivity contribution in [3.63, 3.8) is 0 Å². The first-order valence-corrected chi connectivity index (χ1v) is 8.80. The Labute approximate surface area is 164 Å². The Kier molecular flexibility index (Phi) is 7.91. The number of nitrogens with one attached hydrogen (secondary N) is 4. The van der Waals surface area contributed by atoms with Crippen molar-refractivity contribution < 1.29 is 9.47 Å². The molecule has 0 aliphatic rings. The minimum atomic E-state index is 0.534. The van der Waals surface area contributed by atoms with E-state index in [1.165, 1.54) is 0 Å². The largest absolute Gasteiger partial charge is 0.497 e. The molecule has 26 heavy (non-hydrogen) atoms. The van der Waals surface area contributed by atoms with Gasteiger partial charge >= 0.3 is 0 Å². The summed E-state index contributed by atoms with van der Waals surface area (Å²) < 4.78 is 10.4. The second-order valence-electron chi connectivity index (χ2n) is 5.23. The van der Waals surface area contributed by atoms with E-state index in [4.69, 9.17) is 33.9 Å². The quantitative estimate of drug-likeness (QED) is 0.425. The fourth-order valence-corrected chi connectivity index (χ4v) is 2.54. The normalized spacial score (nSPS) is 9.77. The van der Waals surface area contributed by atoms with Gasteiger partial charge in [-0.3, -0.25) is 0 Å². The lowest BCUT2D eigenvalue weighted by Gasteiger charge is -2.13.